The number of rotatable bonds is 4. The van der Waals surface area contributed by atoms with E-state index in [9.17, 15) is 4.21 Å². The van der Waals surface area contributed by atoms with E-state index in [1.165, 1.54) is 5.56 Å². The van der Waals surface area contributed by atoms with Crippen LogP contribution in [0.15, 0.2) is 18.2 Å². The van der Waals surface area contributed by atoms with Gasteiger partial charge in [0.25, 0.3) is 0 Å². The van der Waals surface area contributed by atoms with Gasteiger partial charge < -0.3 is 4.57 Å². The van der Waals surface area contributed by atoms with Gasteiger partial charge in [0.2, 0.25) is 0 Å². The molecule has 3 atom stereocenters. The maximum Gasteiger partial charge on any atom is 0.127 e. The number of halogens is 1. The smallest absolute Gasteiger partial charge is 0.127 e. The van der Waals surface area contributed by atoms with E-state index in [0.29, 0.717) is 6.54 Å². The summed E-state index contributed by atoms with van der Waals surface area (Å²) in [4.78, 5) is 4.62. The van der Waals surface area contributed by atoms with Gasteiger partial charge in [0.05, 0.1) is 16.4 Å². The van der Waals surface area contributed by atoms with E-state index in [1.807, 2.05) is 26.0 Å². The van der Waals surface area contributed by atoms with E-state index in [1.54, 1.807) is 6.26 Å². The Bertz CT molecular complexity index is 621. The van der Waals surface area contributed by atoms with Crippen LogP contribution < -0.4 is 0 Å². The number of aryl methyl sites for hydroxylation is 1. The number of alkyl halides is 1. The molecule has 3 nitrogen and oxygen atoms in total. The Labute approximate surface area is 121 Å². The van der Waals surface area contributed by atoms with E-state index in [4.69, 9.17) is 11.6 Å². The maximum atomic E-state index is 11.6. The summed E-state index contributed by atoms with van der Waals surface area (Å²) in [5.41, 5.74) is 3.22. The topological polar surface area (TPSA) is 34.9 Å². The van der Waals surface area contributed by atoms with E-state index in [-0.39, 0.29) is 10.6 Å². The second-order valence-corrected chi connectivity index (χ2v) is 7.41. The first-order chi connectivity index (χ1) is 8.91. The standard InChI is InChI=1S/C14H19ClN2OS/c1-9-6-5-7-12-13(9)17(8-10(2)19(4)18)14(16-12)11(3)15/h5-7,10-11H,8H2,1-4H3. The van der Waals surface area contributed by atoms with Crippen molar-refractivity contribution < 1.29 is 4.21 Å². The van der Waals surface area contributed by atoms with Gasteiger partial charge in [-0.15, -0.1) is 11.6 Å². The lowest BCUT2D eigenvalue weighted by Crippen LogP contribution is -2.19. The largest absolute Gasteiger partial charge is 0.325 e. The zero-order valence-electron chi connectivity index (χ0n) is 11.7. The van der Waals surface area contributed by atoms with Crippen LogP contribution >= 0.6 is 11.6 Å². The highest BCUT2D eigenvalue weighted by atomic mass is 35.5. The molecule has 5 heteroatoms. The summed E-state index contributed by atoms with van der Waals surface area (Å²) < 4.78 is 13.7. The van der Waals surface area contributed by atoms with Crippen LogP contribution in [0.1, 0.15) is 30.6 Å². The predicted molar refractivity (Wildman–Crippen MR) is 82.3 cm³/mol. The second-order valence-electron chi connectivity index (χ2n) is 4.95. The van der Waals surface area contributed by atoms with Crippen LogP contribution in [0.3, 0.4) is 0 Å². The molecule has 0 aliphatic heterocycles. The minimum Gasteiger partial charge on any atom is -0.325 e. The van der Waals surface area contributed by atoms with Crippen molar-refractivity contribution in [3.05, 3.63) is 29.6 Å². The van der Waals surface area contributed by atoms with Crippen LogP contribution in [0, 0.1) is 6.92 Å². The number of aromatic nitrogens is 2. The molecule has 0 amide bonds. The summed E-state index contributed by atoms with van der Waals surface area (Å²) in [7, 11) is -0.858. The lowest BCUT2D eigenvalue weighted by molar-refractivity contribution is 0.632. The SMILES string of the molecule is Cc1cccc2nc(C(C)Cl)n(CC(C)S(C)=O)c12. The zero-order valence-corrected chi connectivity index (χ0v) is 13.3. The fourth-order valence-corrected chi connectivity index (χ4v) is 2.76. The Morgan fingerprint density at radius 1 is 1.42 bits per heavy atom. The van der Waals surface area contributed by atoms with E-state index >= 15 is 0 Å². The summed E-state index contributed by atoms with van der Waals surface area (Å²) >= 11 is 6.24. The normalized spacial score (nSPS) is 16.5. The highest BCUT2D eigenvalue weighted by Crippen LogP contribution is 2.27. The summed E-state index contributed by atoms with van der Waals surface area (Å²) in [6.07, 6.45) is 1.74. The molecule has 0 aliphatic rings. The molecular formula is C14H19ClN2OS. The molecule has 0 fully saturated rings. The van der Waals surface area contributed by atoms with Gasteiger partial charge in [0.15, 0.2) is 0 Å². The van der Waals surface area contributed by atoms with Crippen LogP contribution in [0.4, 0.5) is 0 Å². The van der Waals surface area contributed by atoms with E-state index in [2.05, 4.69) is 22.5 Å². The Kier molecular flexibility index (Phi) is 4.31. The minimum atomic E-state index is -0.858. The number of fused-ring (bicyclic) bond motifs is 1. The summed E-state index contributed by atoms with van der Waals surface area (Å²) in [5, 5.41) is -0.0875. The van der Waals surface area contributed by atoms with Gasteiger partial charge in [-0.3, -0.25) is 4.21 Å². The molecule has 1 heterocycles. The number of hydrogen-bond acceptors (Lipinski definition) is 2. The molecule has 0 saturated heterocycles. The monoisotopic (exact) mass is 298 g/mol. The van der Waals surface area contributed by atoms with Crippen molar-refractivity contribution in [3.63, 3.8) is 0 Å². The van der Waals surface area contributed by atoms with Gasteiger partial charge in [0.1, 0.15) is 5.82 Å². The highest BCUT2D eigenvalue weighted by Gasteiger charge is 2.18. The van der Waals surface area contributed by atoms with Crippen molar-refractivity contribution in [2.24, 2.45) is 0 Å². The molecule has 0 bridgehead atoms. The quantitative estimate of drug-likeness (QED) is 0.811. The van der Waals surface area contributed by atoms with Gasteiger partial charge in [-0.05, 0) is 32.4 Å². The van der Waals surface area contributed by atoms with Gasteiger partial charge in [-0.25, -0.2) is 4.98 Å². The van der Waals surface area contributed by atoms with Gasteiger partial charge in [0, 0.05) is 28.9 Å². The van der Waals surface area contributed by atoms with E-state index in [0.717, 1.165) is 16.9 Å². The molecule has 0 saturated carbocycles. The Morgan fingerprint density at radius 3 is 2.68 bits per heavy atom. The van der Waals surface area contributed by atoms with Crippen LogP contribution in [-0.4, -0.2) is 25.3 Å². The van der Waals surface area contributed by atoms with E-state index < -0.39 is 10.8 Å². The fourth-order valence-electron chi connectivity index (χ4n) is 2.23. The molecular weight excluding hydrogens is 280 g/mol. The molecule has 104 valence electrons. The lowest BCUT2D eigenvalue weighted by Gasteiger charge is -2.15. The Morgan fingerprint density at radius 2 is 2.11 bits per heavy atom. The van der Waals surface area contributed by atoms with Crippen LogP contribution in [0.2, 0.25) is 0 Å². The number of nitrogens with zero attached hydrogens (tertiary/aromatic N) is 2. The van der Waals surface area contributed by atoms with Gasteiger partial charge >= 0.3 is 0 Å². The third-order valence-corrected chi connectivity index (χ3v) is 4.84. The average molecular weight is 299 g/mol. The number of para-hydroxylation sites is 1. The number of hydrogen-bond donors (Lipinski definition) is 0. The van der Waals surface area contributed by atoms with Crippen molar-refractivity contribution in [3.8, 4) is 0 Å². The summed E-state index contributed by atoms with van der Waals surface area (Å²) in [6.45, 7) is 6.65. The van der Waals surface area contributed by atoms with Crippen molar-refractivity contribution >= 4 is 33.4 Å². The second kappa shape index (κ2) is 5.63. The molecule has 1 aromatic carbocycles. The first kappa shape index (κ1) is 14.5. The fraction of sp³-hybridized carbons (Fsp3) is 0.500. The van der Waals surface area contributed by atoms with Crippen LogP contribution in [0.5, 0.6) is 0 Å². The van der Waals surface area contributed by atoms with Crippen molar-refractivity contribution in [2.75, 3.05) is 6.26 Å². The predicted octanol–water partition coefficient (Wildman–Crippen LogP) is 3.41. The molecule has 2 aromatic rings. The molecule has 19 heavy (non-hydrogen) atoms. The molecule has 2 rings (SSSR count). The summed E-state index contributed by atoms with van der Waals surface area (Å²) in [5.74, 6) is 0.850. The molecule has 0 aliphatic carbocycles. The lowest BCUT2D eigenvalue weighted by atomic mass is 10.2. The minimum absolute atomic E-state index is 0.0752. The maximum absolute atomic E-state index is 11.6. The number of imidazole rings is 1. The summed E-state index contributed by atoms with van der Waals surface area (Å²) in [6, 6.07) is 6.06. The Balaban J connectivity index is 2.61. The molecule has 0 spiro atoms. The third-order valence-electron chi connectivity index (χ3n) is 3.36. The third kappa shape index (κ3) is 2.84. The highest BCUT2D eigenvalue weighted by molar-refractivity contribution is 7.84. The molecule has 1 aromatic heterocycles. The molecule has 0 radical (unpaired) electrons. The molecule has 0 N–H and O–H groups in total. The average Bonchev–Trinajstić information content (AvgIpc) is 2.69. The Hall–Kier alpha value is -0.870. The molecule has 3 unspecified atom stereocenters. The van der Waals surface area contributed by atoms with Crippen molar-refractivity contribution in [1.82, 2.24) is 9.55 Å². The van der Waals surface area contributed by atoms with Crippen LogP contribution in [0.25, 0.3) is 11.0 Å². The van der Waals surface area contributed by atoms with Gasteiger partial charge in [-0.2, -0.15) is 0 Å². The zero-order chi connectivity index (χ0) is 14.2. The van der Waals surface area contributed by atoms with Crippen molar-refractivity contribution in [2.45, 2.75) is 37.9 Å². The first-order valence-electron chi connectivity index (χ1n) is 6.34. The van der Waals surface area contributed by atoms with Gasteiger partial charge in [-0.1, -0.05) is 12.1 Å². The van der Waals surface area contributed by atoms with Crippen LogP contribution in [-0.2, 0) is 17.3 Å². The van der Waals surface area contributed by atoms with Crippen molar-refractivity contribution in [1.29, 1.82) is 0 Å². The number of benzene rings is 1. The first-order valence-corrected chi connectivity index (χ1v) is 8.39.